The molecule has 1 aliphatic rings. The molecule has 0 bridgehead atoms. The lowest BCUT2D eigenvalue weighted by Gasteiger charge is -2.12. The van der Waals surface area contributed by atoms with Crippen molar-refractivity contribution in [3.05, 3.63) is 53.6 Å². The molecule has 0 fully saturated rings. The topological polar surface area (TPSA) is 65.1 Å². The maximum absolute atomic E-state index is 12.3. The predicted molar refractivity (Wildman–Crippen MR) is 97.4 cm³/mol. The average Bonchev–Trinajstić information content (AvgIpc) is 2.90. The van der Waals surface area contributed by atoms with E-state index in [0.717, 1.165) is 12.1 Å². The van der Waals surface area contributed by atoms with E-state index in [0.29, 0.717) is 35.8 Å². The van der Waals surface area contributed by atoms with Crippen molar-refractivity contribution in [2.75, 3.05) is 38.8 Å². The highest BCUT2D eigenvalue weighted by molar-refractivity contribution is 5.99. The largest absolute Gasteiger partial charge is 0.490 e. The van der Waals surface area contributed by atoms with E-state index in [9.17, 15) is 9.59 Å². The molecule has 0 saturated heterocycles. The Morgan fingerprint density at radius 2 is 1.62 bits per heavy atom. The molecule has 1 heterocycles. The Balaban J connectivity index is 1.61. The Kier molecular flexibility index (Phi) is 5.41. The van der Waals surface area contributed by atoms with Gasteiger partial charge in [0.2, 0.25) is 0 Å². The van der Waals surface area contributed by atoms with Gasteiger partial charge in [-0.05, 0) is 42.5 Å². The molecule has 1 aliphatic heterocycles. The van der Waals surface area contributed by atoms with Crippen LogP contribution < -0.4 is 14.4 Å². The molecule has 0 saturated carbocycles. The number of ether oxygens (including phenoxy) is 3. The second kappa shape index (κ2) is 7.91. The molecule has 0 aromatic heterocycles. The molecule has 26 heavy (non-hydrogen) atoms. The first-order valence-corrected chi connectivity index (χ1v) is 8.42. The van der Waals surface area contributed by atoms with Crippen LogP contribution in [0, 0.1) is 0 Å². The molecule has 0 amide bonds. The molecule has 0 N–H and O–H groups in total. The molecular formula is C20H21NO5. The average molecular weight is 355 g/mol. The van der Waals surface area contributed by atoms with E-state index in [2.05, 4.69) is 0 Å². The molecule has 0 spiro atoms. The van der Waals surface area contributed by atoms with Crippen LogP contribution in [0.15, 0.2) is 42.5 Å². The molecule has 136 valence electrons. The number of fused-ring (bicyclic) bond motifs is 1. The number of anilines is 1. The summed E-state index contributed by atoms with van der Waals surface area (Å²) in [7, 11) is 3.84. The van der Waals surface area contributed by atoms with Gasteiger partial charge in [-0.25, -0.2) is 4.79 Å². The smallest absolute Gasteiger partial charge is 0.338 e. The first kappa shape index (κ1) is 17.8. The van der Waals surface area contributed by atoms with Crippen LogP contribution in [0.1, 0.15) is 27.1 Å². The second-order valence-corrected chi connectivity index (χ2v) is 6.15. The van der Waals surface area contributed by atoms with Gasteiger partial charge in [0.1, 0.15) is 0 Å². The Morgan fingerprint density at radius 1 is 0.962 bits per heavy atom. The molecule has 0 aliphatic carbocycles. The first-order chi connectivity index (χ1) is 12.5. The van der Waals surface area contributed by atoms with Crippen LogP contribution in [0.4, 0.5) is 5.69 Å². The fraction of sp³-hybridized carbons (Fsp3) is 0.300. The third-order valence-electron chi connectivity index (χ3n) is 4.02. The zero-order chi connectivity index (χ0) is 18.5. The molecule has 2 aromatic rings. The summed E-state index contributed by atoms with van der Waals surface area (Å²) in [6.45, 7) is 0.807. The number of esters is 1. The van der Waals surface area contributed by atoms with E-state index in [-0.39, 0.29) is 12.4 Å². The minimum absolute atomic E-state index is 0.293. The van der Waals surface area contributed by atoms with E-state index in [4.69, 9.17) is 14.2 Å². The van der Waals surface area contributed by atoms with Crippen LogP contribution in [0.3, 0.4) is 0 Å². The second-order valence-electron chi connectivity index (χ2n) is 6.15. The van der Waals surface area contributed by atoms with Gasteiger partial charge in [0.05, 0.1) is 18.8 Å². The summed E-state index contributed by atoms with van der Waals surface area (Å²) in [6, 6.07) is 12.0. The quantitative estimate of drug-likeness (QED) is 0.607. The molecular weight excluding hydrogens is 334 g/mol. The van der Waals surface area contributed by atoms with Crippen molar-refractivity contribution in [3.63, 3.8) is 0 Å². The molecule has 6 heteroatoms. The van der Waals surface area contributed by atoms with E-state index in [1.807, 2.05) is 31.1 Å². The molecule has 0 unspecified atom stereocenters. The molecule has 3 rings (SSSR count). The number of carbonyl (C=O) groups is 2. The van der Waals surface area contributed by atoms with Gasteiger partial charge in [0.15, 0.2) is 23.9 Å². The van der Waals surface area contributed by atoms with Crippen LogP contribution in [-0.4, -0.2) is 45.7 Å². The van der Waals surface area contributed by atoms with Crippen LogP contribution in [0.2, 0.25) is 0 Å². The predicted octanol–water partition coefficient (Wildman–Crippen LogP) is 2.95. The van der Waals surface area contributed by atoms with Crippen LogP contribution >= 0.6 is 0 Å². The van der Waals surface area contributed by atoms with E-state index < -0.39 is 5.97 Å². The summed E-state index contributed by atoms with van der Waals surface area (Å²) in [5, 5.41) is 0. The zero-order valence-corrected chi connectivity index (χ0v) is 14.9. The summed E-state index contributed by atoms with van der Waals surface area (Å²) in [6.07, 6.45) is 0.794. The summed E-state index contributed by atoms with van der Waals surface area (Å²) >= 11 is 0. The van der Waals surface area contributed by atoms with Crippen LogP contribution in [-0.2, 0) is 4.74 Å². The lowest BCUT2D eigenvalue weighted by Crippen LogP contribution is -2.15. The number of nitrogens with zero attached hydrogens (tertiary/aromatic N) is 1. The van der Waals surface area contributed by atoms with Gasteiger partial charge in [-0.2, -0.15) is 0 Å². The van der Waals surface area contributed by atoms with Gasteiger partial charge in [-0.15, -0.1) is 0 Å². The number of hydrogen-bond acceptors (Lipinski definition) is 6. The standard InChI is InChI=1S/C20H21NO5/c1-21(2)16-7-4-14(5-8-16)20(23)26-13-17(22)15-6-9-18-19(12-15)25-11-3-10-24-18/h4-9,12H,3,10-11,13H2,1-2H3. The monoisotopic (exact) mass is 355 g/mol. The van der Waals surface area contributed by atoms with Crippen molar-refractivity contribution in [2.24, 2.45) is 0 Å². The summed E-state index contributed by atoms with van der Waals surface area (Å²) in [4.78, 5) is 26.4. The van der Waals surface area contributed by atoms with Gasteiger partial charge in [0, 0.05) is 31.8 Å². The number of rotatable bonds is 5. The third kappa shape index (κ3) is 4.14. The van der Waals surface area contributed by atoms with Gasteiger partial charge in [-0.3, -0.25) is 4.79 Å². The van der Waals surface area contributed by atoms with Gasteiger partial charge < -0.3 is 19.1 Å². The minimum atomic E-state index is -0.530. The van der Waals surface area contributed by atoms with Gasteiger partial charge in [0.25, 0.3) is 0 Å². The number of ketones is 1. The zero-order valence-electron chi connectivity index (χ0n) is 14.9. The first-order valence-electron chi connectivity index (χ1n) is 8.42. The number of hydrogen-bond donors (Lipinski definition) is 0. The highest BCUT2D eigenvalue weighted by Crippen LogP contribution is 2.30. The van der Waals surface area contributed by atoms with E-state index in [1.165, 1.54) is 0 Å². The minimum Gasteiger partial charge on any atom is -0.490 e. The maximum Gasteiger partial charge on any atom is 0.338 e. The summed E-state index contributed by atoms with van der Waals surface area (Å²) in [5.41, 5.74) is 1.80. The highest BCUT2D eigenvalue weighted by Gasteiger charge is 2.16. The number of benzene rings is 2. The summed E-state index contributed by atoms with van der Waals surface area (Å²) in [5.74, 6) is 0.341. The van der Waals surface area contributed by atoms with Crippen LogP contribution in [0.5, 0.6) is 11.5 Å². The number of Topliss-reactive ketones (excluding diaryl/α,β-unsaturated/α-hetero) is 1. The third-order valence-corrected chi connectivity index (χ3v) is 4.02. The lowest BCUT2D eigenvalue weighted by atomic mass is 10.1. The number of carbonyl (C=O) groups excluding carboxylic acids is 2. The Labute approximate surface area is 152 Å². The van der Waals surface area contributed by atoms with Crippen molar-refractivity contribution in [2.45, 2.75) is 6.42 Å². The Bertz CT molecular complexity index is 798. The van der Waals surface area contributed by atoms with E-state index in [1.54, 1.807) is 30.3 Å². The SMILES string of the molecule is CN(C)c1ccc(C(=O)OCC(=O)c2ccc3c(c2)OCCCO3)cc1. The fourth-order valence-corrected chi connectivity index (χ4v) is 2.53. The molecule has 0 atom stereocenters. The normalized spacial score (nSPS) is 12.8. The van der Waals surface area contributed by atoms with Gasteiger partial charge >= 0.3 is 5.97 Å². The molecule has 6 nitrogen and oxygen atoms in total. The van der Waals surface area contributed by atoms with Crippen molar-refractivity contribution in [3.8, 4) is 11.5 Å². The lowest BCUT2D eigenvalue weighted by molar-refractivity contribution is 0.0474. The van der Waals surface area contributed by atoms with Crippen molar-refractivity contribution >= 4 is 17.4 Å². The van der Waals surface area contributed by atoms with Crippen molar-refractivity contribution < 1.29 is 23.8 Å². The summed E-state index contributed by atoms with van der Waals surface area (Å²) < 4.78 is 16.3. The highest BCUT2D eigenvalue weighted by atomic mass is 16.5. The molecule has 0 radical (unpaired) electrons. The Hall–Kier alpha value is -3.02. The van der Waals surface area contributed by atoms with Crippen LogP contribution in [0.25, 0.3) is 0 Å². The fourth-order valence-electron chi connectivity index (χ4n) is 2.53. The maximum atomic E-state index is 12.3. The van der Waals surface area contributed by atoms with E-state index >= 15 is 0 Å². The Morgan fingerprint density at radius 3 is 2.31 bits per heavy atom. The molecule has 2 aromatic carbocycles. The van der Waals surface area contributed by atoms with Gasteiger partial charge in [-0.1, -0.05) is 0 Å². The van der Waals surface area contributed by atoms with Crippen molar-refractivity contribution in [1.82, 2.24) is 0 Å². The van der Waals surface area contributed by atoms with Crippen molar-refractivity contribution in [1.29, 1.82) is 0 Å².